The van der Waals surface area contributed by atoms with E-state index in [-0.39, 0.29) is 0 Å². The van der Waals surface area contributed by atoms with Crippen LogP contribution in [-0.2, 0) is 26.2 Å². The molecule has 0 aliphatic rings. The first-order chi connectivity index (χ1) is 14.7. The Labute approximate surface area is 180 Å². The number of aryl methyl sites for hydroxylation is 2. The van der Waals surface area contributed by atoms with Gasteiger partial charge in [-0.05, 0) is 42.7 Å². The maximum Gasteiger partial charge on any atom is 0.119 e. The standard InChI is InChI=1S/C28H30N2/c1-23-11-6-8-15-26(23)20-29(19-25-13-4-3-5-14-25)22-28-17-10-18-30(28)21-27-16-9-7-12-24(27)2/h3-18H,19-22H2,1-2H3/p+1. The Balaban J connectivity index is 1.57. The fourth-order valence-electron chi connectivity index (χ4n) is 4.14. The normalized spacial score (nSPS) is 12.1. The average Bonchev–Trinajstić information content (AvgIpc) is 3.19. The van der Waals surface area contributed by atoms with Crippen LogP contribution < -0.4 is 4.90 Å². The molecule has 1 N–H and O–H groups in total. The average molecular weight is 396 g/mol. The van der Waals surface area contributed by atoms with Crippen LogP contribution in [0.15, 0.2) is 97.2 Å². The molecule has 1 aromatic heterocycles. The molecule has 4 rings (SSSR count). The summed E-state index contributed by atoms with van der Waals surface area (Å²) in [4.78, 5) is 1.56. The highest BCUT2D eigenvalue weighted by molar-refractivity contribution is 5.27. The second-order valence-corrected chi connectivity index (χ2v) is 8.25. The summed E-state index contributed by atoms with van der Waals surface area (Å²) in [5.41, 5.74) is 8.32. The van der Waals surface area contributed by atoms with Gasteiger partial charge in [0, 0.05) is 23.9 Å². The summed E-state index contributed by atoms with van der Waals surface area (Å²) in [5.74, 6) is 0. The van der Waals surface area contributed by atoms with Gasteiger partial charge in [0.2, 0.25) is 0 Å². The molecular weight excluding hydrogens is 364 g/mol. The quantitative estimate of drug-likeness (QED) is 0.433. The highest BCUT2D eigenvalue weighted by atomic mass is 15.1. The van der Waals surface area contributed by atoms with Crippen LogP contribution in [0.2, 0.25) is 0 Å². The topological polar surface area (TPSA) is 9.37 Å². The smallest absolute Gasteiger partial charge is 0.119 e. The van der Waals surface area contributed by atoms with Crippen LogP contribution in [0, 0.1) is 13.8 Å². The Morgan fingerprint density at radius 1 is 0.600 bits per heavy atom. The van der Waals surface area contributed by atoms with Gasteiger partial charge < -0.3 is 9.47 Å². The second kappa shape index (κ2) is 9.60. The third kappa shape index (κ3) is 5.08. The van der Waals surface area contributed by atoms with E-state index in [1.807, 2.05) is 0 Å². The summed E-state index contributed by atoms with van der Waals surface area (Å²) in [6.07, 6.45) is 2.22. The lowest BCUT2D eigenvalue weighted by Gasteiger charge is -2.22. The maximum absolute atomic E-state index is 2.41. The molecule has 1 unspecified atom stereocenters. The number of nitrogens with zero attached hydrogens (tertiary/aromatic N) is 1. The van der Waals surface area contributed by atoms with Crippen LogP contribution in [0.3, 0.4) is 0 Å². The zero-order valence-electron chi connectivity index (χ0n) is 18.0. The van der Waals surface area contributed by atoms with Crippen molar-refractivity contribution >= 4 is 0 Å². The van der Waals surface area contributed by atoms with Crippen LogP contribution in [-0.4, -0.2) is 4.57 Å². The molecule has 152 valence electrons. The van der Waals surface area contributed by atoms with Gasteiger partial charge in [-0.3, -0.25) is 0 Å². The van der Waals surface area contributed by atoms with Crippen molar-refractivity contribution in [1.29, 1.82) is 0 Å². The molecule has 0 aliphatic carbocycles. The number of rotatable bonds is 8. The molecule has 0 radical (unpaired) electrons. The fraction of sp³-hybridized carbons (Fsp3) is 0.214. The zero-order valence-corrected chi connectivity index (χ0v) is 18.0. The summed E-state index contributed by atoms with van der Waals surface area (Å²) < 4.78 is 2.41. The van der Waals surface area contributed by atoms with E-state index in [0.29, 0.717) is 0 Å². The molecule has 0 aliphatic heterocycles. The van der Waals surface area contributed by atoms with Gasteiger partial charge in [-0.15, -0.1) is 0 Å². The van der Waals surface area contributed by atoms with Crippen molar-refractivity contribution in [2.45, 2.75) is 40.0 Å². The number of benzene rings is 3. The Morgan fingerprint density at radius 3 is 1.93 bits per heavy atom. The molecule has 0 bridgehead atoms. The molecule has 3 aromatic carbocycles. The van der Waals surface area contributed by atoms with Gasteiger partial charge in [0.1, 0.15) is 19.6 Å². The summed E-state index contributed by atoms with van der Waals surface area (Å²) >= 11 is 0. The molecule has 1 atom stereocenters. The van der Waals surface area contributed by atoms with E-state index in [0.717, 1.165) is 26.2 Å². The largest absolute Gasteiger partial charge is 0.342 e. The van der Waals surface area contributed by atoms with E-state index >= 15 is 0 Å². The van der Waals surface area contributed by atoms with Crippen molar-refractivity contribution in [2.75, 3.05) is 0 Å². The van der Waals surface area contributed by atoms with Crippen molar-refractivity contribution in [2.24, 2.45) is 0 Å². The summed E-state index contributed by atoms with van der Waals surface area (Å²) in [7, 11) is 0. The van der Waals surface area contributed by atoms with Crippen LogP contribution in [0.25, 0.3) is 0 Å². The molecule has 4 aromatic rings. The molecule has 30 heavy (non-hydrogen) atoms. The lowest BCUT2D eigenvalue weighted by molar-refractivity contribution is -0.941. The molecule has 2 nitrogen and oxygen atoms in total. The number of hydrogen-bond donors (Lipinski definition) is 1. The lowest BCUT2D eigenvalue weighted by Crippen LogP contribution is -3.08. The highest BCUT2D eigenvalue weighted by Crippen LogP contribution is 2.12. The molecule has 0 saturated carbocycles. The third-order valence-corrected chi connectivity index (χ3v) is 5.96. The molecular formula is C28H31N2+. The summed E-state index contributed by atoms with van der Waals surface area (Å²) in [5, 5.41) is 0. The van der Waals surface area contributed by atoms with Gasteiger partial charge in [-0.1, -0.05) is 78.9 Å². The lowest BCUT2D eigenvalue weighted by atomic mass is 10.1. The number of hydrogen-bond acceptors (Lipinski definition) is 0. The first kappa shape index (κ1) is 20.2. The predicted octanol–water partition coefficient (Wildman–Crippen LogP) is 4.94. The zero-order chi connectivity index (χ0) is 20.8. The number of quaternary nitrogens is 1. The Hall–Kier alpha value is -3.10. The van der Waals surface area contributed by atoms with E-state index < -0.39 is 0 Å². The van der Waals surface area contributed by atoms with Gasteiger partial charge in [0.15, 0.2) is 0 Å². The van der Waals surface area contributed by atoms with Crippen molar-refractivity contribution in [3.63, 3.8) is 0 Å². The van der Waals surface area contributed by atoms with Crippen LogP contribution in [0.1, 0.15) is 33.5 Å². The van der Waals surface area contributed by atoms with Crippen LogP contribution in [0.4, 0.5) is 0 Å². The van der Waals surface area contributed by atoms with E-state index in [1.54, 1.807) is 4.90 Å². The van der Waals surface area contributed by atoms with E-state index in [4.69, 9.17) is 0 Å². The van der Waals surface area contributed by atoms with Crippen molar-refractivity contribution < 1.29 is 4.90 Å². The Bertz CT molecular complexity index is 1080. The fourth-order valence-corrected chi connectivity index (χ4v) is 4.14. The van der Waals surface area contributed by atoms with Crippen molar-refractivity contribution in [3.8, 4) is 0 Å². The van der Waals surface area contributed by atoms with Gasteiger partial charge in [0.05, 0.1) is 5.69 Å². The predicted molar refractivity (Wildman–Crippen MR) is 124 cm³/mol. The van der Waals surface area contributed by atoms with Gasteiger partial charge >= 0.3 is 0 Å². The van der Waals surface area contributed by atoms with Crippen molar-refractivity contribution in [1.82, 2.24) is 4.57 Å². The minimum Gasteiger partial charge on any atom is -0.342 e. The third-order valence-electron chi connectivity index (χ3n) is 5.96. The molecule has 0 spiro atoms. The Kier molecular flexibility index (Phi) is 6.46. The molecule has 2 heteroatoms. The van der Waals surface area contributed by atoms with Gasteiger partial charge in [-0.25, -0.2) is 0 Å². The first-order valence-corrected chi connectivity index (χ1v) is 10.8. The number of aromatic nitrogens is 1. The minimum atomic E-state index is 0.929. The maximum atomic E-state index is 2.41. The van der Waals surface area contributed by atoms with Crippen LogP contribution >= 0.6 is 0 Å². The summed E-state index contributed by atoms with van der Waals surface area (Å²) in [6, 6.07) is 32.8. The molecule has 1 heterocycles. The molecule has 0 saturated heterocycles. The summed E-state index contributed by atoms with van der Waals surface area (Å²) in [6.45, 7) is 8.39. The number of nitrogens with one attached hydrogen (secondary N) is 1. The Morgan fingerprint density at radius 2 is 1.23 bits per heavy atom. The molecule has 0 fully saturated rings. The van der Waals surface area contributed by atoms with E-state index in [2.05, 4.69) is 116 Å². The monoisotopic (exact) mass is 395 g/mol. The van der Waals surface area contributed by atoms with Gasteiger partial charge in [0.25, 0.3) is 0 Å². The van der Waals surface area contributed by atoms with Gasteiger partial charge in [-0.2, -0.15) is 0 Å². The second-order valence-electron chi connectivity index (χ2n) is 8.25. The van der Waals surface area contributed by atoms with Crippen molar-refractivity contribution in [3.05, 3.63) is 131 Å². The van der Waals surface area contributed by atoms with E-state index in [9.17, 15) is 0 Å². The SMILES string of the molecule is Cc1ccccc1Cn1cccc1C[NH+](Cc1ccccc1)Cc1ccccc1C. The highest BCUT2D eigenvalue weighted by Gasteiger charge is 2.15. The first-order valence-electron chi connectivity index (χ1n) is 10.8. The van der Waals surface area contributed by atoms with Crippen LogP contribution in [0.5, 0.6) is 0 Å². The minimum absolute atomic E-state index is 0.929. The van der Waals surface area contributed by atoms with E-state index in [1.165, 1.54) is 33.5 Å². The molecule has 0 amide bonds.